The van der Waals surface area contributed by atoms with Crippen molar-refractivity contribution in [3.05, 3.63) is 215 Å². The third-order valence-corrected chi connectivity index (χ3v) is 12.0. The van der Waals surface area contributed by atoms with E-state index in [-0.39, 0.29) is 26.4 Å². The van der Waals surface area contributed by atoms with Crippen molar-refractivity contribution in [2.75, 3.05) is 36.2 Å². The number of rotatable bonds is 23. The van der Waals surface area contributed by atoms with E-state index in [1.165, 1.54) is 0 Å². The van der Waals surface area contributed by atoms with Crippen LogP contribution >= 0.6 is 0 Å². The van der Waals surface area contributed by atoms with Crippen LogP contribution in [0.1, 0.15) is 61.1 Å². The molecule has 0 aliphatic heterocycles. The highest BCUT2D eigenvalue weighted by Gasteiger charge is 2.18. The van der Waals surface area contributed by atoms with E-state index >= 15 is 0 Å². The monoisotopic (exact) mass is 964 g/mol. The number of nitrogens with zero attached hydrogens (tertiary/aromatic N) is 2. The molecule has 0 fully saturated rings. The van der Waals surface area contributed by atoms with Gasteiger partial charge in [0.1, 0.15) is 0 Å². The molecule has 0 aliphatic carbocycles. The van der Waals surface area contributed by atoms with E-state index in [2.05, 4.69) is 159 Å². The number of aryl methyl sites for hydroxylation is 2. The summed E-state index contributed by atoms with van der Waals surface area (Å²) >= 11 is 0. The minimum Gasteiger partial charge on any atom is -0.462 e. The van der Waals surface area contributed by atoms with E-state index in [0.717, 1.165) is 78.6 Å². The molecule has 6 aromatic rings. The van der Waals surface area contributed by atoms with Gasteiger partial charge in [-0.15, -0.1) is 0 Å². The third-order valence-electron chi connectivity index (χ3n) is 12.0. The second-order valence-corrected chi connectivity index (χ2v) is 18.0. The van der Waals surface area contributed by atoms with Gasteiger partial charge >= 0.3 is 23.9 Å². The van der Waals surface area contributed by atoms with Gasteiger partial charge in [-0.1, -0.05) is 87.0 Å². The van der Waals surface area contributed by atoms with Crippen molar-refractivity contribution in [2.45, 2.75) is 67.2 Å². The Bertz CT molecular complexity index is 2750. The van der Waals surface area contributed by atoms with Gasteiger partial charge in [-0.2, -0.15) is 0 Å². The zero-order valence-corrected chi connectivity index (χ0v) is 42.3. The largest absolute Gasteiger partial charge is 0.462 e. The molecule has 0 saturated carbocycles. The summed E-state index contributed by atoms with van der Waals surface area (Å²) in [5.41, 5.74) is 15.6. The van der Waals surface area contributed by atoms with Crippen LogP contribution in [0.3, 0.4) is 0 Å². The number of anilines is 6. The number of esters is 4. The molecule has 10 heteroatoms. The van der Waals surface area contributed by atoms with Gasteiger partial charge in [0, 0.05) is 82.1 Å². The molecule has 0 bridgehead atoms. The van der Waals surface area contributed by atoms with Crippen LogP contribution in [0, 0.1) is 13.8 Å². The molecule has 0 N–H and O–H groups in total. The maximum Gasteiger partial charge on any atom is 0.333 e. The standard InChI is InChI=1S/C62H64N2O8/c1-41(2)59(65)69-35-31-47-11-21-53(22-12-47)63(57-29-15-49(45(9)39-57)33-37-71-61(67)43(5)6)55-25-17-51(18-26-55)52-19-27-56(28-20-52)64(54-23-13-48(14-24-54)32-36-70-60(66)42(3)4)58-30-16-50(46(10)40-58)34-38-72-62(68)44(7)8/h11-30,39-40H,1,3,5,7,31-38H2,2,4,6,8-10H3. The van der Waals surface area contributed by atoms with Crippen molar-refractivity contribution >= 4 is 58.0 Å². The number of carbonyl (C=O) groups excluding carboxylic acids is 4. The zero-order chi connectivity index (χ0) is 51.9. The second kappa shape index (κ2) is 25.0. The summed E-state index contributed by atoms with van der Waals surface area (Å²) in [5.74, 6) is -1.60. The fraction of sp³-hybridized carbons (Fsp3) is 0.226. The first-order valence-corrected chi connectivity index (χ1v) is 24.0. The summed E-state index contributed by atoms with van der Waals surface area (Å²) in [5, 5.41) is 0. The van der Waals surface area contributed by atoms with E-state index in [1.807, 2.05) is 24.3 Å². The van der Waals surface area contributed by atoms with Crippen LogP contribution in [0.2, 0.25) is 0 Å². The molecule has 0 saturated heterocycles. The Morgan fingerprint density at radius 2 is 0.611 bits per heavy atom. The zero-order valence-electron chi connectivity index (χ0n) is 42.3. The molecule has 370 valence electrons. The highest BCUT2D eigenvalue weighted by atomic mass is 16.5. The maximum absolute atomic E-state index is 12.0. The summed E-state index contributed by atoms with van der Waals surface area (Å²) < 4.78 is 21.5. The van der Waals surface area contributed by atoms with Crippen LogP contribution in [-0.4, -0.2) is 50.3 Å². The Hall–Kier alpha value is -8.24. The van der Waals surface area contributed by atoms with Crippen LogP contribution in [0.5, 0.6) is 0 Å². The van der Waals surface area contributed by atoms with Crippen LogP contribution in [0.25, 0.3) is 11.1 Å². The van der Waals surface area contributed by atoms with Crippen LogP contribution in [0.15, 0.2) is 182 Å². The summed E-state index contributed by atoms with van der Waals surface area (Å²) in [6.45, 7) is 26.4. The molecule has 6 aromatic carbocycles. The minimum absolute atomic E-state index is 0.257. The van der Waals surface area contributed by atoms with Crippen LogP contribution < -0.4 is 9.80 Å². The smallest absolute Gasteiger partial charge is 0.333 e. The van der Waals surface area contributed by atoms with Gasteiger partial charge in [0.05, 0.1) is 26.4 Å². The average Bonchev–Trinajstić information content (AvgIpc) is 3.36. The lowest BCUT2D eigenvalue weighted by atomic mass is 10.0. The molecule has 0 spiro atoms. The summed E-state index contributed by atoms with van der Waals surface area (Å²) in [6, 6.07) is 46.0. The molecule has 0 aromatic heterocycles. The molecular formula is C62H64N2O8. The van der Waals surface area contributed by atoms with E-state index in [9.17, 15) is 19.2 Å². The molecule has 0 atom stereocenters. The van der Waals surface area contributed by atoms with E-state index in [0.29, 0.717) is 48.0 Å². The van der Waals surface area contributed by atoms with Crippen molar-refractivity contribution in [1.82, 2.24) is 0 Å². The first kappa shape index (κ1) is 53.1. The first-order valence-electron chi connectivity index (χ1n) is 24.0. The average molecular weight is 965 g/mol. The number of carbonyl (C=O) groups is 4. The highest BCUT2D eigenvalue weighted by molar-refractivity contribution is 5.88. The van der Waals surface area contributed by atoms with Gasteiger partial charge in [-0.3, -0.25) is 0 Å². The third kappa shape index (κ3) is 14.4. The minimum atomic E-state index is -0.401. The SMILES string of the molecule is C=C(C)C(=O)OCCc1ccc(N(c2ccc(-c3ccc(N(c4ccc(CCOC(=O)C(=C)C)cc4)c4ccc(CCOC(=O)C(=C)C)c(C)c4)cc3)cc2)c2ccc(CCOC(=O)C(=C)C)c(C)c2)cc1. The predicted molar refractivity (Wildman–Crippen MR) is 289 cm³/mol. The van der Waals surface area contributed by atoms with Gasteiger partial charge < -0.3 is 28.7 Å². The molecule has 0 amide bonds. The molecule has 0 heterocycles. The fourth-order valence-electron chi connectivity index (χ4n) is 7.85. The quantitative estimate of drug-likeness (QED) is 0.0349. The van der Waals surface area contributed by atoms with Crippen molar-refractivity contribution in [3.8, 4) is 11.1 Å². The lowest BCUT2D eigenvalue weighted by Crippen LogP contribution is -2.12. The lowest BCUT2D eigenvalue weighted by Gasteiger charge is -2.27. The Balaban J connectivity index is 1.27. The summed E-state index contributed by atoms with van der Waals surface area (Å²) in [6.07, 6.45) is 2.29. The van der Waals surface area contributed by atoms with E-state index in [4.69, 9.17) is 18.9 Å². The molecule has 10 nitrogen and oxygen atoms in total. The molecule has 72 heavy (non-hydrogen) atoms. The van der Waals surface area contributed by atoms with Crippen molar-refractivity contribution in [2.24, 2.45) is 0 Å². The van der Waals surface area contributed by atoms with Gasteiger partial charge in [-0.25, -0.2) is 19.2 Å². The predicted octanol–water partition coefficient (Wildman–Crippen LogP) is 13.6. The normalized spacial score (nSPS) is 10.7. The number of benzene rings is 6. The Labute approximate surface area is 424 Å². The van der Waals surface area contributed by atoms with Gasteiger partial charge in [0.2, 0.25) is 0 Å². The lowest BCUT2D eigenvalue weighted by molar-refractivity contribution is -0.139. The molecule has 0 radical (unpaired) electrons. The van der Waals surface area contributed by atoms with Crippen LogP contribution in [0.4, 0.5) is 34.1 Å². The number of hydrogen-bond donors (Lipinski definition) is 0. The Kier molecular flexibility index (Phi) is 18.5. The Morgan fingerprint density at radius 3 is 0.875 bits per heavy atom. The molecular weight excluding hydrogens is 901 g/mol. The molecule has 0 unspecified atom stereocenters. The van der Waals surface area contributed by atoms with Gasteiger partial charge in [0.25, 0.3) is 0 Å². The summed E-state index contributed by atoms with van der Waals surface area (Å²) in [4.78, 5) is 52.4. The topological polar surface area (TPSA) is 112 Å². The van der Waals surface area contributed by atoms with Gasteiger partial charge in [-0.05, 0) is 159 Å². The second-order valence-electron chi connectivity index (χ2n) is 18.0. The fourth-order valence-corrected chi connectivity index (χ4v) is 7.85. The first-order chi connectivity index (χ1) is 34.5. The van der Waals surface area contributed by atoms with Crippen LogP contribution in [-0.2, 0) is 63.8 Å². The number of ether oxygens (including phenoxy) is 4. The molecule has 0 aliphatic rings. The summed E-state index contributed by atoms with van der Waals surface area (Å²) in [7, 11) is 0. The van der Waals surface area contributed by atoms with Gasteiger partial charge in [0.15, 0.2) is 0 Å². The van der Waals surface area contributed by atoms with Crippen molar-refractivity contribution in [1.29, 1.82) is 0 Å². The van der Waals surface area contributed by atoms with E-state index in [1.54, 1.807) is 27.7 Å². The van der Waals surface area contributed by atoms with Crippen molar-refractivity contribution in [3.63, 3.8) is 0 Å². The maximum atomic E-state index is 12.0. The molecule has 6 rings (SSSR count). The Morgan fingerprint density at radius 1 is 0.361 bits per heavy atom. The number of hydrogen-bond acceptors (Lipinski definition) is 10. The highest BCUT2D eigenvalue weighted by Crippen LogP contribution is 2.39. The van der Waals surface area contributed by atoms with Crippen molar-refractivity contribution < 1.29 is 38.1 Å². The van der Waals surface area contributed by atoms with E-state index < -0.39 is 23.9 Å².